The van der Waals surface area contributed by atoms with Crippen LogP contribution in [-0.4, -0.2) is 39.1 Å². The molecule has 0 unspecified atom stereocenters. The topological polar surface area (TPSA) is 82.9 Å². The van der Waals surface area contributed by atoms with Crippen LogP contribution in [0.1, 0.15) is 15.9 Å². The molecule has 1 amide bonds. The van der Waals surface area contributed by atoms with E-state index >= 15 is 0 Å². The number of aromatic carboxylic acids is 1. The smallest absolute Gasteiger partial charge is 0.335 e. The van der Waals surface area contributed by atoms with Gasteiger partial charge in [0.25, 0.3) is 5.91 Å². The van der Waals surface area contributed by atoms with Gasteiger partial charge in [-0.25, -0.2) is 9.79 Å². The van der Waals surface area contributed by atoms with Crippen LogP contribution in [0, 0.1) is 0 Å². The van der Waals surface area contributed by atoms with Crippen LogP contribution >= 0.6 is 11.8 Å². The van der Waals surface area contributed by atoms with Gasteiger partial charge in [0, 0.05) is 19.4 Å². The van der Waals surface area contributed by atoms with Crippen molar-refractivity contribution in [2.75, 3.05) is 7.05 Å². The highest BCUT2D eigenvalue weighted by Crippen LogP contribution is 2.33. The third-order valence-corrected chi connectivity index (χ3v) is 4.36. The molecule has 1 fully saturated rings. The van der Waals surface area contributed by atoms with Crippen molar-refractivity contribution >= 4 is 40.6 Å². The molecule has 0 aliphatic carbocycles. The third kappa shape index (κ3) is 3.36. The average Bonchev–Trinajstić information content (AvgIpc) is 2.84. The van der Waals surface area contributed by atoms with Gasteiger partial charge in [0.15, 0.2) is 5.17 Å². The molecule has 1 aromatic carbocycles. The fraction of sp³-hybridized carbons (Fsp3) is 0.0588. The van der Waals surface area contributed by atoms with Gasteiger partial charge in [-0.2, -0.15) is 0 Å². The summed E-state index contributed by atoms with van der Waals surface area (Å²) in [5.41, 5.74) is 1.47. The summed E-state index contributed by atoms with van der Waals surface area (Å²) in [5, 5.41) is 9.53. The van der Waals surface area contributed by atoms with Crippen molar-refractivity contribution in [3.8, 4) is 0 Å². The zero-order valence-electron chi connectivity index (χ0n) is 12.7. The van der Waals surface area contributed by atoms with Gasteiger partial charge in [0.1, 0.15) is 0 Å². The molecule has 0 spiro atoms. The number of hydrogen-bond acceptors (Lipinski definition) is 5. The Morgan fingerprint density at radius 3 is 2.88 bits per heavy atom. The van der Waals surface area contributed by atoms with E-state index in [-0.39, 0.29) is 11.5 Å². The van der Waals surface area contributed by atoms with Crippen LogP contribution in [0.25, 0.3) is 6.08 Å². The Labute approximate surface area is 142 Å². The minimum Gasteiger partial charge on any atom is -0.478 e. The Bertz CT molecular complexity index is 862. The maximum atomic E-state index is 12.3. The predicted octanol–water partition coefficient (Wildman–Crippen LogP) is 3.01. The normalized spacial score (nSPS) is 17.7. The van der Waals surface area contributed by atoms with E-state index in [1.165, 1.54) is 28.8 Å². The van der Waals surface area contributed by atoms with Crippen molar-refractivity contribution in [1.82, 2.24) is 9.88 Å². The lowest BCUT2D eigenvalue weighted by atomic mass is 10.2. The van der Waals surface area contributed by atoms with Crippen LogP contribution in [-0.2, 0) is 4.79 Å². The van der Waals surface area contributed by atoms with Gasteiger partial charge in [-0.05, 0) is 47.7 Å². The largest absolute Gasteiger partial charge is 0.478 e. The van der Waals surface area contributed by atoms with Crippen LogP contribution in [0.15, 0.2) is 58.7 Å². The minimum atomic E-state index is -1.02. The van der Waals surface area contributed by atoms with Crippen LogP contribution in [0.5, 0.6) is 0 Å². The predicted molar refractivity (Wildman–Crippen MR) is 93.1 cm³/mol. The molecule has 1 aromatic heterocycles. The number of carboxylic acid groups (broad SMARTS) is 1. The van der Waals surface area contributed by atoms with Gasteiger partial charge in [0.2, 0.25) is 0 Å². The van der Waals surface area contributed by atoms with Crippen LogP contribution in [0.4, 0.5) is 5.69 Å². The van der Waals surface area contributed by atoms with Gasteiger partial charge in [0.05, 0.1) is 16.2 Å². The number of likely N-dealkylation sites (N-methyl/N-ethyl adjacent to an activating group) is 1. The molecule has 120 valence electrons. The molecule has 1 N–H and O–H groups in total. The van der Waals surface area contributed by atoms with E-state index in [0.717, 1.165) is 5.56 Å². The molecule has 0 atom stereocenters. The van der Waals surface area contributed by atoms with Crippen molar-refractivity contribution in [1.29, 1.82) is 0 Å². The second kappa shape index (κ2) is 6.67. The van der Waals surface area contributed by atoms with Crippen molar-refractivity contribution in [2.45, 2.75) is 0 Å². The lowest BCUT2D eigenvalue weighted by molar-refractivity contribution is -0.121. The summed E-state index contributed by atoms with van der Waals surface area (Å²) in [6, 6.07) is 9.94. The quantitative estimate of drug-likeness (QED) is 0.869. The molecule has 0 radical (unpaired) electrons. The third-order valence-electron chi connectivity index (χ3n) is 3.30. The highest BCUT2D eigenvalue weighted by Gasteiger charge is 2.30. The number of carbonyl (C=O) groups excluding carboxylic acids is 1. The zero-order chi connectivity index (χ0) is 17.1. The number of amidine groups is 1. The molecule has 1 saturated heterocycles. The lowest BCUT2D eigenvalue weighted by Gasteiger charge is -2.07. The van der Waals surface area contributed by atoms with Gasteiger partial charge in [-0.3, -0.25) is 14.7 Å². The fourth-order valence-electron chi connectivity index (χ4n) is 2.08. The number of pyridine rings is 1. The number of carboxylic acids is 1. The van der Waals surface area contributed by atoms with Crippen molar-refractivity contribution in [2.24, 2.45) is 4.99 Å². The molecular weight excluding hydrogens is 326 g/mol. The molecular formula is C17H13N3O3S. The number of rotatable bonds is 3. The SMILES string of the molecule is CN1C(=O)/C(=C\c2cccnc2)SC1=Nc1cccc(C(=O)O)c1. The molecule has 2 heterocycles. The van der Waals surface area contributed by atoms with Crippen molar-refractivity contribution < 1.29 is 14.7 Å². The molecule has 24 heavy (non-hydrogen) atoms. The highest BCUT2D eigenvalue weighted by atomic mass is 32.2. The standard InChI is InChI=1S/C17H13N3O3S/c1-20-15(21)14(8-11-4-3-7-18-10-11)24-17(20)19-13-6-2-5-12(9-13)16(22)23/h2-10H,1H3,(H,22,23)/b14-8+,19-17?. The van der Waals surface area contributed by atoms with E-state index in [9.17, 15) is 9.59 Å². The molecule has 0 bridgehead atoms. The van der Waals surface area contributed by atoms with Gasteiger partial charge >= 0.3 is 5.97 Å². The van der Waals surface area contributed by atoms with Crippen LogP contribution in [0.2, 0.25) is 0 Å². The summed E-state index contributed by atoms with van der Waals surface area (Å²) in [6.45, 7) is 0. The lowest BCUT2D eigenvalue weighted by Crippen LogP contribution is -2.23. The first-order chi connectivity index (χ1) is 11.5. The van der Waals surface area contributed by atoms with E-state index in [1.807, 2.05) is 6.07 Å². The second-order valence-corrected chi connectivity index (χ2v) is 6.02. The number of aliphatic imine (C=N–C) groups is 1. The van der Waals surface area contributed by atoms with E-state index in [4.69, 9.17) is 5.11 Å². The fourth-order valence-corrected chi connectivity index (χ4v) is 3.07. The summed E-state index contributed by atoms with van der Waals surface area (Å²) >= 11 is 1.24. The molecule has 7 heteroatoms. The summed E-state index contributed by atoms with van der Waals surface area (Å²) in [5.74, 6) is -1.17. The number of aromatic nitrogens is 1. The molecule has 0 saturated carbocycles. The Morgan fingerprint density at radius 1 is 1.33 bits per heavy atom. The van der Waals surface area contributed by atoms with Gasteiger partial charge in [-0.1, -0.05) is 12.1 Å². The average molecular weight is 339 g/mol. The Morgan fingerprint density at radius 2 is 2.17 bits per heavy atom. The first-order valence-corrected chi connectivity index (χ1v) is 7.86. The summed E-state index contributed by atoms with van der Waals surface area (Å²) in [7, 11) is 1.64. The molecule has 3 rings (SSSR count). The molecule has 1 aliphatic heterocycles. The highest BCUT2D eigenvalue weighted by molar-refractivity contribution is 8.18. The minimum absolute atomic E-state index is 0.153. The number of benzene rings is 1. The number of carbonyl (C=O) groups is 2. The summed E-state index contributed by atoms with van der Waals surface area (Å²) in [6.07, 6.45) is 5.10. The van der Waals surface area contributed by atoms with Crippen molar-refractivity contribution in [3.05, 3.63) is 64.8 Å². The molecule has 6 nitrogen and oxygen atoms in total. The molecule has 2 aromatic rings. The van der Waals surface area contributed by atoms with E-state index < -0.39 is 5.97 Å². The van der Waals surface area contributed by atoms with E-state index in [0.29, 0.717) is 15.8 Å². The van der Waals surface area contributed by atoms with Gasteiger partial charge < -0.3 is 5.11 Å². The van der Waals surface area contributed by atoms with E-state index in [1.54, 1.807) is 43.7 Å². The first kappa shape index (κ1) is 15.9. The Hall–Kier alpha value is -2.93. The zero-order valence-corrected chi connectivity index (χ0v) is 13.5. The van der Waals surface area contributed by atoms with Gasteiger partial charge in [-0.15, -0.1) is 0 Å². The Kier molecular flexibility index (Phi) is 4.43. The number of hydrogen-bond donors (Lipinski definition) is 1. The maximum absolute atomic E-state index is 12.3. The molecule has 1 aliphatic rings. The van der Waals surface area contributed by atoms with Crippen LogP contribution in [0.3, 0.4) is 0 Å². The first-order valence-electron chi connectivity index (χ1n) is 7.04. The van der Waals surface area contributed by atoms with Crippen LogP contribution < -0.4 is 0 Å². The van der Waals surface area contributed by atoms with Crippen molar-refractivity contribution in [3.63, 3.8) is 0 Å². The maximum Gasteiger partial charge on any atom is 0.335 e. The van der Waals surface area contributed by atoms with E-state index in [2.05, 4.69) is 9.98 Å². The monoisotopic (exact) mass is 339 g/mol. The Balaban J connectivity index is 1.90. The number of nitrogens with zero attached hydrogens (tertiary/aromatic N) is 3. The summed E-state index contributed by atoms with van der Waals surface area (Å²) in [4.78, 5) is 33.7. The number of amides is 1. The second-order valence-electron chi connectivity index (χ2n) is 5.01. The summed E-state index contributed by atoms with van der Waals surface area (Å²) < 4.78 is 0. The number of thioether (sulfide) groups is 1.